The number of unbranched alkanes of at least 4 members (excludes halogenated alkanes) is 2. The lowest BCUT2D eigenvalue weighted by Gasteiger charge is -2.26. The van der Waals surface area contributed by atoms with E-state index in [9.17, 15) is 9.59 Å². The first-order chi connectivity index (χ1) is 9.19. The van der Waals surface area contributed by atoms with E-state index in [1.54, 1.807) is 13.8 Å². The van der Waals surface area contributed by atoms with Crippen molar-refractivity contribution in [1.82, 2.24) is 10.6 Å². The molecular weight excluding hydrogens is 256 g/mol. The van der Waals surface area contributed by atoms with Gasteiger partial charge in [-0.15, -0.1) is 0 Å². The van der Waals surface area contributed by atoms with Crippen LogP contribution in [0.2, 0.25) is 0 Å². The van der Waals surface area contributed by atoms with E-state index in [1.165, 1.54) is 12.8 Å². The van der Waals surface area contributed by atoms with Crippen LogP contribution >= 0.6 is 0 Å². The van der Waals surface area contributed by atoms with Crippen LogP contribution in [0.15, 0.2) is 0 Å². The minimum atomic E-state index is -1.00. The Morgan fingerprint density at radius 1 is 1.20 bits per heavy atom. The lowest BCUT2D eigenvalue weighted by Crippen LogP contribution is -2.50. The second-order valence-electron chi connectivity index (χ2n) is 6.51. The summed E-state index contributed by atoms with van der Waals surface area (Å²) in [5, 5.41) is 14.3. The maximum atomic E-state index is 11.8. The molecule has 3 N–H and O–H groups in total. The summed E-state index contributed by atoms with van der Waals surface area (Å²) in [4.78, 5) is 22.8. The van der Waals surface area contributed by atoms with E-state index < -0.39 is 18.0 Å². The molecule has 0 saturated heterocycles. The summed E-state index contributed by atoms with van der Waals surface area (Å²) in [6.45, 7) is 10.5. The Morgan fingerprint density at radius 3 is 2.25 bits per heavy atom. The van der Waals surface area contributed by atoms with E-state index in [2.05, 4.69) is 31.4 Å². The van der Waals surface area contributed by atoms with Gasteiger partial charge in [0.2, 0.25) is 0 Å². The van der Waals surface area contributed by atoms with Crippen LogP contribution in [0.25, 0.3) is 0 Å². The van der Waals surface area contributed by atoms with Crippen molar-refractivity contribution >= 4 is 12.0 Å². The van der Waals surface area contributed by atoms with Crippen LogP contribution in [0.3, 0.4) is 0 Å². The van der Waals surface area contributed by atoms with Gasteiger partial charge in [0.25, 0.3) is 0 Å². The first-order valence-corrected chi connectivity index (χ1v) is 7.47. The van der Waals surface area contributed by atoms with E-state index in [0.717, 1.165) is 12.8 Å². The summed E-state index contributed by atoms with van der Waals surface area (Å²) in [6, 6.07) is -1.26. The molecule has 0 aromatic carbocycles. The summed E-state index contributed by atoms with van der Waals surface area (Å²) < 4.78 is 0. The molecule has 0 unspecified atom stereocenters. The number of carboxylic acids is 1. The Morgan fingerprint density at radius 2 is 1.80 bits per heavy atom. The predicted octanol–water partition coefficient (Wildman–Crippen LogP) is 3.00. The molecule has 0 radical (unpaired) electrons. The van der Waals surface area contributed by atoms with Crippen LogP contribution in [0.4, 0.5) is 4.79 Å². The van der Waals surface area contributed by atoms with Crippen LogP contribution in [0, 0.1) is 11.3 Å². The molecule has 0 aromatic rings. The van der Waals surface area contributed by atoms with Gasteiger partial charge in [-0.05, 0) is 17.8 Å². The molecule has 0 aromatic heterocycles. The third-order valence-electron chi connectivity index (χ3n) is 3.40. The molecule has 0 spiro atoms. The summed E-state index contributed by atoms with van der Waals surface area (Å²) >= 11 is 0. The van der Waals surface area contributed by atoms with Crippen molar-refractivity contribution in [3.63, 3.8) is 0 Å². The number of carbonyl (C=O) groups is 2. The Balaban J connectivity index is 4.17. The fourth-order valence-corrected chi connectivity index (χ4v) is 1.97. The molecule has 0 aliphatic heterocycles. The molecule has 1 atom stereocenters. The highest BCUT2D eigenvalue weighted by atomic mass is 16.4. The number of amides is 2. The first-order valence-electron chi connectivity index (χ1n) is 7.47. The summed E-state index contributed by atoms with van der Waals surface area (Å²) in [5.41, 5.74) is 0.0308. The number of hydrogen-bond acceptors (Lipinski definition) is 2. The van der Waals surface area contributed by atoms with Crippen molar-refractivity contribution < 1.29 is 14.7 Å². The van der Waals surface area contributed by atoms with Crippen LogP contribution in [0.1, 0.15) is 60.3 Å². The number of aliphatic carboxylic acids is 1. The van der Waals surface area contributed by atoms with Crippen LogP contribution in [0.5, 0.6) is 0 Å². The molecule has 5 nitrogen and oxygen atoms in total. The van der Waals surface area contributed by atoms with Crippen molar-refractivity contribution in [1.29, 1.82) is 0 Å². The lowest BCUT2D eigenvalue weighted by atomic mass is 9.87. The van der Waals surface area contributed by atoms with Crippen LogP contribution < -0.4 is 10.6 Å². The number of urea groups is 1. The van der Waals surface area contributed by atoms with Crippen molar-refractivity contribution in [2.75, 3.05) is 6.54 Å². The highest BCUT2D eigenvalue weighted by molar-refractivity contribution is 5.82. The second-order valence-corrected chi connectivity index (χ2v) is 6.51. The molecule has 20 heavy (non-hydrogen) atoms. The van der Waals surface area contributed by atoms with Gasteiger partial charge < -0.3 is 15.7 Å². The van der Waals surface area contributed by atoms with Gasteiger partial charge in [-0.1, -0.05) is 53.9 Å². The van der Waals surface area contributed by atoms with Crippen LogP contribution in [-0.2, 0) is 4.79 Å². The smallest absolute Gasteiger partial charge is 0.326 e. The highest BCUT2D eigenvalue weighted by Crippen LogP contribution is 2.22. The van der Waals surface area contributed by atoms with E-state index in [4.69, 9.17) is 5.11 Å². The third kappa shape index (κ3) is 8.02. The molecule has 5 heteroatoms. The molecule has 0 aliphatic carbocycles. The zero-order valence-corrected chi connectivity index (χ0v) is 13.5. The maximum Gasteiger partial charge on any atom is 0.326 e. The Kier molecular flexibility index (Phi) is 8.26. The SMILES string of the molecule is CCCCCC(C)(C)CNC(=O)N[C@H](C(=O)O)C(C)C. The predicted molar refractivity (Wildman–Crippen MR) is 80.7 cm³/mol. The van der Waals surface area contributed by atoms with Crippen molar-refractivity contribution in [2.45, 2.75) is 66.3 Å². The molecule has 0 fully saturated rings. The molecule has 0 bridgehead atoms. The molecule has 0 rings (SSSR count). The minimum absolute atomic E-state index is 0.0308. The number of nitrogens with one attached hydrogen (secondary N) is 2. The fourth-order valence-electron chi connectivity index (χ4n) is 1.97. The van der Waals surface area contributed by atoms with Gasteiger partial charge in [-0.25, -0.2) is 9.59 Å². The molecule has 0 aliphatic rings. The quantitative estimate of drug-likeness (QED) is 0.570. The van der Waals surface area contributed by atoms with E-state index in [1.807, 2.05) is 0 Å². The van der Waals surface area contributed by atoms with E-state index in [0.29, 0.717) is 6.54 Å². The molecular formula is C15H30N2O3. The second kappa shape index (κ2) is 8.82. The average molecular weight is 286 g/mol. The zero-order chi connectivity index (χ0) is 15.8. The zero-order valence-electron chi connectivity index (χ0n) is 13.5. The van der Waals surface area contributed by atoms with E-state index >= 15 is 0 Å². The van der Waals surface area contributed by atoms with Crippen molar-refractivity contribution in [3.05, 3.63) is 0 Å². The number of carbonyl (C=O) groups excluding carboxylic acids is 1. The minimum Gasteiger partial charge on any atom is -0.480 e. The van der Waals surface area contributed by atoms with Crippen LogP contribution in [-0.4, -0.2) is 29.7 Å². The first kappa shape index (κ1) is 18.7. The maximum absolute atomic E-state index is 11.8. The van der Waals surface area contributed by atoms with Gasteiger partial charge in [0.1, 0.15) is 6.04 Å². The Hall–Kier alpha value is -1.26. The molecule has 0 heterocycles. The van der Waals surface area contributed by atoms with Gasteiger partial charge in [0.05, 0.1) is 0 Å². The summed E-state index contributed by atoms with van der Waals surface area (Å²) in [7, 11) is 0. The van der Waals surface area contributed by atoms with Crippen molar-refractivity contribution in [3.8, 4) is 0 Å². The topological polar surface area (TPSA) is 78.4 Å². The van der Waals surface area contributed by atoms with Gasteiger partial charge in [0, 0.05) is 6.54 Å². The lowest BCUT2D eigenvalue weighted by molar-refractivity contribution is -0.140. The molecule has 2 amide bonds. The summed E-state index contributed by atoms with van der Waals surface area (Å²) in [6.07, 6.45) is 4.58. The van der Waals surface area contributed by atoms with Crippen molar-refractivity contribution in [2.24, 2.45) is 11.3 Å². The van der Waals surface area contributed by atoms with Gasteiger partial charge in [-0.2, -0.15) is 0 Å². The molecule has 118 valence electrons. The fraction of sp³-hybridized carbons (Fsp3) is 0.867. The van der Waals surface area contributed by atoms with Gasteiger partial charge >= 0.3 is 12.0 Å². The van der Waals surface area contributed by atoms with Gasteiger partial charge in [0.15, 0.2) is 0 Å². The average Bonchev–Trinajstić information content (AvgIpc) is 2.33. The molecule has 0 saturated carbocycles. The number of rotatable bonds is 9. The third-order valence-corrected chi connectivity index (χ3v) is 3.40. The number of hydrogen-bond donors (Lipinski definition) is 3. The Labute approximate surface area is 122 Å². The Bertz CT molecular complexity index is 314. The summed E-state index contributed by atoms with van der Waals surface area (Å²) in [5.74, 6) is -1.15. The largest absolute Gasteiger partial charge is 0.480 e. The normalized spacial score (nSPS) is 13.1. The van der Waals surface area contributed by atoms with Gasteiger partial charge in [-0.3, -0.25) is 0 Å². The van der Waals surface area contributed by atoms with E-state index in [-0.39, 0.29) is 11.3 Å². The highest BCUT2D eigenvalue weighted by Gasteiger charge is 2.24. The standard InChI is InChI=1S/C15H30N2O3/c1-6-7-8-9-15(4,5)10-16-14(20)17-12(11(2)3)13(18)19/h11-12H,6-10H2,1-5H3,(H,18,19)(H2,16,17,20)/t12-/m0/s1. The number of carboxylic acid groups (broad SMARTS) is 1. The monoisotopic (exact) mass is 286 g/mol.